The van der Waals surface area contributed by atoms with Crippen molar-refractivity contribution in [3.63, 3.8) is 0 Å². The molecule has 0 amide bonds. The van der Waals surface area contributed by atoms with E-state index in [-0.39, 0.29) is 13.2 Å². The molecule has 0 radical (unpaired) electrons. The summed E-state index contributed by atoms with van der Waals surface area (Å²) < 4.78 is 12.8. The number of nitrogens with zero attached hydrogens (tertiary/aromatic N) is 4. The topological polar surface area (TPSA) is 155 Å². The number of benzene rings is 1. The molecule has 4 rings (SSSR count). The SMILES string of the molecule is C=CCc1ccccc1OCC(O)CNc1ncnc2c1ncn2[C@@H]1O[C@H](CO)[C@@H](O)[C@H]1O. The van der Waals surface area contributed by atoms with Crippen molar-refractivity contribution in [1.82, 2.24) is 19.5 Å². The monoisotopic (exact) mass is 457 g/mol. The van der Waals surface area contributed by atoms with Crippen LogP contribution in [0.4, 0.5) is 5.82 Å². The Labute approximate surface area is 190 Å². The Kier molecular flexibility index (Phi) is 7.16. The van der Waals surface area contributed by atoms with E-state index < -0.39 is 37.3 Å². The third-order valence-corrected chi connectivity index (χ3v) is 5.42. The molecule has 1 unspecified atom stereocenters. The third-order valence-electron chi connectivity index (χ3n) is 5.42. The fourth-order valence-electron chi connectivity index (χ4n) is 3.71. The second kappa shape index (κ2) is 10.2. The summed E-state index contributed by atoms with van der Waals surface area (Å²) in [7, 11) is 0. The van der Waals surface area contributed by atoms with Gasteiger partial charge in [0.15, 0.2) is 23.2 Å². The van der Waals surface area contributed by atoms with Crippen LogP contribution in [-0.4, -0.2) is 84.1 Å². The minimum atomic E-state index is -1.26. The lowest BCUT2D eigenvalue weighted by Crippen LogP contribution is -2.33. The number of imidazole rings is 1. The highest BCUT2D eigenvalue weighted by Crippen LogP contribution is 2.32. The van der Waals surface area contributed by atoms with Gasteiger partial charge < -0.3 is 35.2 Å². The summed E-state index contributed by atoms with van der Waals surface area (Å²) >= 11 is 0. The van der Waals surface area contributed by atoms with E-state index in [1.54, 1.807) is 6.08 Å². The molecule has 0 spiro atoms. The van der Waals surface area contributed by atoms with E-state index in [0.717, 1.165) is 5.56 Å². The number of para-hydroxylation sites is 1. The number of allylic oxidation sites excluding steroid dienone is 1. The highest BCUT2D eigenvalue weighted by atomic mass is 16.6. The minimum absolute atomic E-state index is 0.0758. The minimum Gasteiger partial charge on any atom is -0.491 e. The van der Waals surface area contributed by atoms with E-state index in [1.165, 1.54) is 17.2 Å². The number of nitrogens with one attached hydrogen (secondary N) is 1. The van der Waals surface area contributed by atoms with Crippen LogP contribution in [-0.2, 0) is 11.2 Å². The maximum Gasteiger partial charge on any atom is 0.167 e. The zero-order chi connectivity index (χ0) is 23.4. The molecule has 3 heterocycles. The number of rotatable bonds is 10. The van der Waals surface area contributed by atoms with Crippen LogP contribution < -0.4 is 10.1 Å². The average Bonchev–Trinajstić information content (AvgIpc) is 3.38. The zero-order valence-corrected chi connectivity index (χ0v) is 17.9. The number of anilines is 1. The smallest absolute Gasteiger partial charge is 0.167 e. The first-order valence-corrected chi connectivity index (χ1v) is 10.6. The van der Waals surface area contributed by atoms with Gasteiger partial charge in [-0.25, -0.2) is 15.0 Å². The summed E-state index contributed by atoms with van der Waals surface area (Å²) in [4.78, 5) is 12.7. The summed E-state index contributed by atoms with van der Waals surface area (Å²) in [6.45, 7) is 3.54. The fourth-order valence-corrected chi connectivity index (χ4v) is 3.71. The first-order valence-electron chi connectivity index (χ1n) is 10.6. The second-order valence-corrected chi connectivity index (χ2v) is 7.72. The lowest BCUT2D eigenvalue weighted by atomic mass is 10.1. The zero-order valence-electron chi connectivity index (χ0n) is 17.9. The van der Waals surface area contributed by atoms with Crippen LogP contribution in [0.5, 0.6) is 5.75 Å². The molecule has 1 aromatic carbocycles. The van der Waals surface area contributed by atoms with Crippen molar-refractivity contribution in [1.29, 1.82) is 0 Å². The van der Waals surface area contributed by atoms with Gasteiger partial charge in [-0.1, -0.05) is 24.3 Å². The lowest BCUT2D eigenvalue weighted by molar-refractivity contribution is -0.0511. The number of ether oxygens (including phenoxy) is 2. The molecule has 0 aliphatic carbocycles. The van der Waals surface area contributed by atoms with Gasteiger partial charge >= 0.3 is 0 Å². The number of aliphatic hydroxyl groups is 4. The molecule has 11 nitrogen and oxygen atoms in total. The van der Waals surface area contributed by atoms with Crippen LogP contribution in [0.1, 0.15) is 11.8 Å². The fraction of sp³-hybridized carbons (Fsp3) is 0.409. The molecule has 1 saturated heterocycles. The molecule has 5 atom stereocenters. The summed E-state index contributed by atoms with van der Waals surface area (Å²) in [5, 5.41) is 43.1. The van der Waals surface area contributed by atoms with Crippen molar-refractivity contribution in [2.24, 2.45) is 0 Å². The molecule has 1 aliphatic heterocycles. The van der Waals surface area contributed by atoms with Crippen LogP contribution in [0, 0.1) is 0 Å². The number of aliphatic hydroxyl groups excluding tert-OH is 4. The normalized spacial score (nSPS) is 23.5. The Bertz CT molecular complexity index is 1090. The molecule has 3 aromatic rings. The van der Waals surface area contributed by atoms with Crippen LogP contribution >= 0.6 is 0 Å². The lowest BCUT2D eigenvalue weighted by Gasteiger charge is -2.17. The predicted octanol–water partition coefficient (Wildman–Crippen LogP) is 0.0181. The third kappa shape index (κ3) is 4.82. The second-order valence-electron chi connectivity index (χ2n) is 7.72. The van der Waals surface area contributed by atoms with Gasteiger partial charge in [-0.15, -0.1) is 6.58 Å². The van der Waals surface area contributed by atoms with Gasteiger partial charge in [0.05, 0.1) is 12.9 Å². The Hall–Kier alpha value is -3.09. The molecule has 176 valence electrons. The molecular formula is C22H27N5O6. The summed E-state index contributed by atoms with van der Waals surface area (Å²) in [5.41, 5.74) is 1.76. The molecule has 0 bridgehead atoms. The maximum atomic E-state index is 10.4. The predicted molar refractivity (Wildman–Crippen MR) is 119 cm³/mol. The van der Waals surface area contributed by atoms with E-state index in [4.69, 9.17) is 9.47 Å². The van der Waals surface area contributed by atoms with Crippen molar-refractivity contribution < 1.29 is 29.9 Å². The highest BCUT2D eigenvalue weighted by molar-refractivity contribution is 5.82. The Morgan fingerprint density at radius 3 is 2.79 bits per heavy atom. The average molecular weight is 457 g/mol. The highest BCUT2D eigenvalue weighted by Gasteiger charge is 2.44. The Balaban J connectivity index is 1.41. The van der Waals surface area contributed by atoms with Crippen LogP contribution in [0.3, 0.4) is 0 Å². The van der Waals surface area contributed by atoms with Gasteiger partial charge in [0.25, 0.3) is 0 Å². The van der Waals surface area contributed by atoms with Crippen molar-refractivity contribution in [2.75, 3.05) is 25.1 Å². The maximum absolute atomic E-state index is 10.4. The van der Waals surface area contributed by atoms with Crippen molar-refractivity contribution in [2.45, 2.75) is 37.1 Å². The first kappa shape index (κ1) is 23.1. The van der Waals surface area contributed by atoms with Crippen molar-refractivity contribution in [3.8, 4) is 5.75 Å². The Morgan fingerprint density at radius 1 is 1.21 bits per heavy atom. The first-order chi connectivity index (χ1) is 16.0. The van der Waals surface area contributed by atoms with E-state index in [1.807, 2.05) is 24.3 Å². The Morgan fingerprint density at radius 2 is 2.03 bits per heavy atom. The van der Waals surface area contributed by atoms with Gasteiger partial charge in [0.1, 0.15) is 43.1 Å². The molecule has 5 N–H and O–H groups in total. The number of hydrogen-bond donors (Lipinski definition) is 5. The molecule has 33 heavy (non-hydrogen) atoms. The molecule has 1 fully saturated rings. The summed E-state index contributed by atoms with van der Waals surface area (Å²) in [5.74, 6) is 1.08. The molecule has 1 aliphatic rings. The molecule has 0 saturated carbocycles. The van der Waals surface area contributed by atoms with Gasteiger partial charge in [0, 0.05) is 6.54 Å². The number of hydrogen-bond acceptors (Lipinski definition) is 10. The number of fused-ring (bicyclic) bond motifs is 1. The summed E-state index contributed by atoms with van der Waals surface area (Å²) in [6, 6.07) is 7.58. The standard InChI is InChI=1S/C22H27N5O6/c1-2-5-13-6-3-4-7-15(13)32-10-14(29)8-23-20-17-21(25-11-24-20)27(12-26-17)22-19(31)18(30)16(9-28)33-22/h2-4,6-7,11-12,14,16,18-19,22,28-31H,1,5,8-10H2,(H,23,24,25)/t14?,16-,18-,19-,22-/m1/s1. The van der Waals surface area contributed by atoms with Crippen molar-refractivity contribution in [3.05, 3.63) is 55.1 Å². The number of aromatic nitrogens is 4. The van der Waals surface area contributed by atoms with Gasteiger partial charge in [-0.2, -0.15) is 0 Å². The summed E-state index contributed by atoms with van der Waals surface area (Å²) in [6.07, 6.45) is 0.0149. The van der Waals surface area contributed by atoms with Crippen LogP contribution in [0.2, 0.25) is 0 Å². The van der Waals surface area contributed by atoms with E-state index >= 15 is 0 Å². The molecular weight excluding hydrogens is 430 g/mol. The van der Waals surface area contributed by atoms with Crippen LogP contribution in [0.15, 0.2) is 49.6 Å². The van der Waals surface area contributed by atoms with E-state index in [0.29, 0.717) is 29.2 Å². The van der Waals surface area contributed by atoms with E-state index in [9.17, 15) is 20.4 Å². The van der Waals surface area contributed by atoms with Gasteiger partial charge in [-0.05, 0) is 18.1 Å². The van der Waals surface area contributed by atoms with E-state index in [2.05, 4.69) is 26.8 Å². The van der Waals surface area contributed by atoms with Crippen molar-refractivity contribution >= 4 is 17.0 Å². The molecule has 11 heteroatoms. The molecule has 2 aromatic heterocycles. The van der Waals surface area contributed by atoms with Gasteiger partial charge in [0.2, 0.25) is 0 Å². The quantitative estimate of drug-likeness (QED) is 0.263. The largest absolute Gasteiger partial charge is 0.491 e. The van der Waals surface area contributed by atoms with Crippen LogP contribution in [0.25, 0.3) is 11.2 Å². The van der Waals surface area contributed by atoms with Gasteiger partial charge in [-0.3, -0.25) is 4.57 Å².